The molecule has 1 fully saturated rings. The second kappa shape index (κ2) is 5.43. The van der Waals surface area contributed by atoms with Gasteiger partial charge in [0, 0.05) is 12.4 Å². The predicted octanol–water partition coefficient (Wildman–Crippen LogP) is 1.99. The Morgan fingerprint density at radius 3 is 2.69 bits per heavy atom. The summed E-state index contributed by atoms with van der Waals surface area (Å²) in [5.41, 5.74) is 6.89. The summed E-state index contributed by atoms with van der Waals surface area (Å²) in [7, 11) is 0. The summed E-state index contributed by atoms with van der Waals surface area (Å²) < 4.78 is 0. The third-order valence-electron chi connectivity index (χ3n) is 2.34. The first-order valence-corrected chi connectivity index (χ1v) is 4.02. The van der Waals surface area contributed by atoms with Crippen molar-refractivity contribution in [2.24, 2.45) is 11.7 Å². The minimum atomic E-state index is 0. The lowest BCUT2D eigenvalue weighted by Crippen LogP contribution is -2.01. The highest BCUT2D eigenvalue weighted by atomic mass is 35.5. The van der Waals surface area contributed by atoms with E-state index in [2.05, 4.69) is 11.1 Å². The zero-order valence-electron chi connectivity index (χ0n) is 7.22. The Balaban J connectivity index is 0.000000720. The van der Waals surface area contributed by atoms with Crippen molar-refractivity contribution in [1.82, 2.24) is 4.98 Å². The van der Waals surface area contributed by atoms with Crippen molar-refractivity contribution in [2.45, 2.75) is 12.3 Å². The molecule has 1 aromatic heterocycles. The van der Waals surface area contributed by atoms with Gasteiger partial charge in [0.1, 0.15) is 0 Å². The zero-order valence-corrected chi connectivity index (χ0v) is 8.85. The molecule has 0 amide bonds. The van der Waals surface area contributed by atoms with E-state index in [4.69, 9.17) is 5.73 Å². The second-order valence-electron chi connectivity index (χ2n) is 3.12. The molecule has 4 heteroatoms. The maximum atomic E-state index is 5.54. The van der Waals surface area contributed by atoms with E-state index < -0.39 is 0 Å². The summed E-state index contributed by atoms with van der Waals surface area (Å²) in [4.78, 5) is 4.07. The molecule has 13 heavy (non-hydrogen) atoms. The third-order valence-corrected chi connectivity index (χ3v) is 2.34. The average molecular weight is 221 g/mol. The van der Waals surface area contributed by atoms with Gasteiger partial charge in [-0.3, -0.25) is 4.98 Å². The smallest absolute Gasteiger partial charge is 0.0302 e. The van der Waals surface area contributed by atoms with E-state index in [0.717, 1.165) is 12.5 Å². The first kappa shape index (κ1) is 12.7. The minimum absolute atomic E-state index is 0. The summed E-state index contributed by atoms with van der Waals surface area (Å²) in [6.45, 7) is 0.819. The lowest BCUT2D eigenvalue weighted by Gasteiger charge is -1.95. The van der Waals surface area contributed by atoms with Gasteiger partial charge in [-0.1, -0.05) is 6.07 Å². The molecule has 1 saturated carbocycles. The van der Waals surface area contributed by atoms with Crippen molar-refractivity contribution in [3.63, 3.8) is 0 Å². The molecule has 1 aliphatic rings. The largest absolute Gasteiger partial charge is 0.330 e. The Morgan fingerprint density at radius 1 is 1.46 bits per heavy atom. The van der Waals surface area contributed by atoms with Crippen LogP contribution in [0.3, 0.4) is 0 Å². The molecule has 0 unspecified atom stereocenters. The van der Waals surface area contributed by atoms with Crippen LogP contribution in [0, 0.1) is 5.92 Å². The minimum Gasteiger partial charge on any atom is -0.330 e. The van der Waals surface area contributed by atoms with Crippen molar-refractivity contribution in [3.8, 4) is 0 Å². The maximum absolute atomic E-state index is 5.54. The van der Waals surface area contributed by atoms with Gasteiger partial charge in [-0.15, -0.1) is 24.8 Å². The molecule has 2 nitrogen and oxygen atoms in total. The lowest BCUT2D eigenvalue weighted by molar-refractivity contribution is 0.808. The van der Waals surface area contributed by atoms with Crippen molar-refractivity contribution < 1.29 is 0 Å². The standard InChI is InChI=1S/C9H12N2.2ClH/c10-5-8-4-9(8)7-2-1-3-11-6-7;;/h1-3,6,8-9H,4-5,10H2;2*1H/t8-,9+;;/m0../s1. The van der Waals surface area contributed by atoms with Crippen molar-refractivity contribution in [2.75, 3.05) is 6.54 Å². The molecule has 2 rings (SSSR count). The van der Waals surface area contributed by atoms with Gasteiger partial charge in [0.05, 0.1) is 0 Å². The highest BCUT2D eigenvalue weighted by Crippen LogP contribution is 2.46. The summed E-state index contributed by atoms with van der Waals surface area (Å²) in [5, 5.41) is 0. The molecule has 0 aliphatic heterocycles. The van der Waals surface area contributed by atoms with E-state index in [1.807, 2.05) is 18.5 Å². The topological polar surface area (TPSA) is 38.9 Å². The first-order valence-electron chi connectivity index (χ1n) is 4.02. The van der Waals surface area contributed by atoms with E-state index in [9.17, 15) is 0 Å². The second-order valence-corrected chi connectivity index (χ2v) is 3.12. The van der Waals surface area contributed by atoms with Crippen molar-refractivity contribution in [3.05, 3.63) is 30.1 Å². The molecule has 1 aromatic rings. The number of nitrogens with zero attached hydrogens (tertiary/aromatic N) is 1. The Bertz CT molecular complexity index is 241. The van der Waals surface area contributed by atoms with Crippen molar-refractivity contribution >= 4 is 24.8 Å². The SMILES string of the molecule is Cl.Cl.NC[C@@H]1C[C@@H]1c1cccnc1. The monoisotopic (exact) mass is 220 g/mol. The molecule has 0 aromatic carbocycles. The predicted molar refractivity (Wildman–Crippen MR) is 58.6 cm³/mol. The maximum Gasteiger partial charge on any atom is 0.0302 e. The van der Waals surface area contributed by atoms with Crippen LogP contribution in [0.1, 0.15) is 17.9 Å². The van der Waals surface area contributed by atoms with E-state index in [-0.39, 0.29) is 24.8 Å². The number of hydrogen-bond donors (Lipinski definition) is 1. The van der Waals surface area contributed by atoms with E-state index >= 15 is 0 Å². The summed E-state index contributed by atoms with van der Waals surface area (Å²) in [6.07, 6.45) is 5.01. The fraction of sp³-hybridized carbons (Fsp3) is 0.444. The Hall–Kier alpha value is -0.310. The van der Waals surface area contributed by atoms with Crippen LogP contribution in [0.2, 0.25) is 0 Å². The van der Waals surface area contributed by atoms with Crippen molar-refractivity contribution in [1.29, 1.82) is 0 Å². The number of rotatable bonds is 2. The lowest BCUT2D eigenvalue weighted by atomic mass is 10.1. The summed E-state index contributed by atoms with van der Waals surface area (Å²) in [5.74, 6) is 1.42. The fourth-order valence-electron chi connectivity index (χ4n) is 1.51. The van der Waals surface area contributed by atoms with Gasteiger partial charge >= 0.3 is 0 Å². The normalized spacial score (nSPS) is 24.1. The molecule has 1 aliphatic carbocycles. The van der Waals surface area contributed by atoms with Gasteiger partial charge < -0.3 is 5.73 Å². The van der Waals surface area contributed by atoms with Crippen LogP contribution in [0.4, 0.5) is 0 Å². The zero-order chi connectivity index (χ0) is 7.68. The van der Waals surface area contributed by atoms with Crippen LogP contribution >= 0.6 is 24.8 Å². The van der Waals surface area contributed by atoms with E-state index in [1.54, 1.807) is 0 Å². The molecule has 0 bridgehead atoms. The van der Waals surface area contributed by atoms with Gasteiger partial charge in [-0.25, -0.2) is 0 Å². The van der Waals surface area contributed by atoms with Crippen LogP contribution in [-0.2, 0) is 0 Å². The molecule has 0 radical (unpaired) electrons. The number of aromatic nitrogens is 1. The molecule has 2 atom stereocenters. The van der Waals surface area contributed by atoms with Gasteiger partial charge in [0.25, 0.3) is 0 Å². The van der Waals surface area contributed by atoms with Gasteiger partial charge in [0.2, 0.25) is 0 Å². The third kappa shape index (κ3) is 2.83. The van der Waals surface area contributed by atoms with Gasteiger partial charge in [-0.2, -0.15) is 0 Å². The van der Waals surface area contributed by atoms with Gasteiger partial charge in [0.15, 0.2) is 0 Å². The number of nitrogens with two attached hydrogens (primary N) is 1. The Labute approximate surface area is 90.8 Å². The number of hydrogen-bond acceptors (Lipinski definition) is 2. The quantitative estimate of drug-likeness (QED) is 0.829. The van der Waals surface area contributed by atoms with Crippen LogP contribution in [0.5, 0.6) is 0 Å². The summed E-state index contributed by atoms with van der Waals surface area (Å²) >= 11 is 0. The van der Waals surface area contributed by atoms with Gasteiger partial charge in [-0.05, 0) is 36.4 Å². The van der Waals surface area contributed by atoms with Crippen LogP contribution in [-0.4, -0.2) is 11.5 Å². The molecule has 1 heterocycles. The molecular formula is C9H14Cl2N2. The average Bonchev–Trinajstić information content (AvgIpc) is 2.85. The molecular weight excluding hydrogens is 207 g/mol. The van der Waals surface area contributed by atoms with Crippen LogP contribution < -0.4 is 5.73 Å². The Morgan fingerprint density at radius 2 is 2.23 bits per heavy atom. The molecule has 0 saturated heterocycles. The fourth-order valence-corrected chi connectivity index (χ4v) is 1.51. The number of pyridine rings is 1. The Kier molecular flexibility index (Phi) is 5.30. The van der Waals surface area contributed by atoms with Crippen LogP contribution in [0.15, 0.2) is 24.5 Å². The van der Waals surface area contributed by atoms with E-state index in [1.165, 1.54) is 12.0 Å². The highest BCUT2D eigenvalue weighted by Gasteiger charge is 2.36. The van der Waals surface area contributed by atoms with E-state index in [0.29, 0.717) is 5.92 Å². The van der Waals surface area contributed by atoms with Crippen LogP contribution in [0.25, 0.3) is 0 Å². The molecule has 2 N–H and O–H groups in total. The highest BCUT2D eigenvalue weighted by molar-refractivity contribution is 5.85. The first-order chi connectivity index (χ1) is 5.42. The molecule has 74 valence electrons. The summed E-state index contributed by atoms with van der Waals surface area (Å²) in [6, 6.07) is 4.12. The number of halogens is 2. The molecule has 0 spiro atoms.